The molecule has 1 aliphatic carbocycles. The Morgan fingerprint density at radius 1 is 1.13 bits per heavy atom. The van der Waals surface area contributed by atoms with E-state index in [1.54, 1.807) is 13.8 Å². The molecule has 0 aromatic heterocycles. The summed E-state index contributed by atoms with van der Waals surface area (Å²) in [5.74, 6) is -0.0184. The van der Waals surface area contributed by atoms with Gasteiger partial charge >= 0.3 is 0 Å². The normalized spacial score (nSPS) is 22.0. The average molecular weight is 336 g/mol. The van der Waals surface area contributed by atoms with Crippen LogP contribution in [0.1, 0.15) is 39.5 Å². The van der Waals surface area contributed by atoms with Crippen LogP contribution in [0, 0.1) is 5.92 Å². The third-order valence-corrected chi connectivity index (χ3v) is 6.27. The highest BCUT2D eigenvalue weighted by molar-refractivity contribution is 7.90. The second-order valence-electron chi connectivity index (χ2n) is 6.62. The van der Waals surface area contributed by atoms with Crippen LogP contribution in [0.5, 0.6) is 0 Å². The highest BCUT2D eigenvalue weighted by Crippen LogP contribution is 2.26. The Bertz CT molecular complexity index is 636. The Morgan fingerprint density at radius 2 is 1.70 bits per heavy atom. The van der Waals surface area contributed by atoms with E-state index < -0.39 is 15.3 Å². The van der Waals surface area contributed by atoms with Crippen molar-refractivity contribution in [2.75, 3.05) is 5.32 Å². The molecular weight excluding hydrogens is 311 g/mol. The molecule has 1 saturated carbocycles. The van der Waals surface area contributed by atoms with Crippen molar-refractivity contribution >= 4 is 34.9 Å². The fourth-order valence-corrected chi connectivity index (χ4v) is 3.70. The minimum absolute atomic E-state index is 0.0269. The van der Waals surface area contributed by atoms with Crippen molar-refractivity contribution < 1.29 is 13.2 Å². The summed E-state index contributed by atoms with van der Waals surface area (Å²) in [5, 5.41) is 2.52. The Kier molecular flexibility index (Phi) is 5.86. The van der Waals surface area contributed by atoms with Gasteiger partial charge in [0.25, 0.3) is 0 Å². The molecule has 2 rings (SSSR count). The van der Waals surface area contributed by atoms with Gasteiger partial charge in [0.1, 0.15) is 7.85 Å². The molecule has 2 N–H and O–H groups in total. The van der Waals surface area contributed by atoms with Crippen molar-refractivity contribution in [1.82, 2.24) is 4.72 Å². The molecule has 5 nitrogen and oxygen atoms in total. The van der Waals surface area contributed by atoms with E-state index in [9.17, 15) is 13.2 Å². The van der Waals surface area contributed by atoms with Crippen molar-refractivity contribution in [3.05, 3.63) is 24.3 Å². The number of amides is 1. The Labute approximate surface area is 139 Å². The number of anilines is 1. The van der Waals surface area contributed by atoms with E-state index in [0.29, 0.717) is 25.7 Å². The first kappa shape index (κ1) is 18.0. The van der Waals surface area contributed by atoms with Gasteiger partial charge in [-0.15, -0.1) is 0 Å². The Balaban J connectivity index is 1.84. The van der Waals surface area contributed by atoms with Gasteiger partial charge in [0.05, 0.1) is 5.25 Å². The van der Waals surface area contributed by atoms with Gasteiger partial charge in [0.15, 0.2) is 0 Å². The van der Waals surface area contributed by atoms with Crippen LogP contribution in [-0.2, 0) is 14.8 Å². The minimum Gasteiger partial charge on any atom is -0.326 e. The predicted molar refractivity (Wildman–Crippen MR) is 96.2 cm³/mol. The van der Waals surface area contributed by atoms with E-state index in [2.05, 4.69) is 10.0 Å². The molecule has 0 bridgehead atoms. The van der Waals surface area contributed by atoms with Crippen LogP contribution in [0.3, 0.4) is 0 Å². The van der Waals surface area contributed by atoms with Gasteiger partial charge in [-0.25, -0.2) is 13.1 Å². The summed E-state index contributed by atoms with van der Waals surface area (Å²) in [6, 6.07) is 7.68. The molecule has 1 aliphatic rings. The minimum atomic E-state index is -3.24. The maximum absolute atomic E-state index is 12.3. The summed E-state index contributed by atoms with van der Waals surface area (Å²) in [7, 11) is -1.23. The third kappa shape index (κ3) is 5.07. The van der Waals surface area contributed by atoms with Crippen LogP contribution in [-0.4, -0.2) is 33.5 Å². The SMILES string of the molecule is Bc1ccc(NC(=O)C2CCC(NS(=O)(=O)C(C)C)CC2)cc1. The molecule has 0 heterocycles. The van der Waals surface area contributed by atoms with Crippen molar-refractivity contribution in [2.24, 2.45) is 5.92 Å². The zero-order chi connectivity index (χ0) is 17.0. The molecule has 1 aromatic rings. The molecular formula is C16H25BN2O3S. The van der Waals surface area contributed by atoms with Gasteiger partial charge in [0.2, 0.25) is 15.9 Å². The van der Waals surface area contributed by atoms with Crippen LogP contribution in [0.15, 0.2) is 24.3 Å². The number of nitrogens with one attached hydrogen (secondary N) is 2. The van der Waals surface area contributed by atoms with E-state index in [1.165, 1.54) is 0 Å². The molecule has 1 fully saturated rings. The highest BCUT2D eigenvalue weighted by atomic mass is 32.2. The molecule has 1 aromatic carbocycles. The molecule has 23 heavy (non-hydrogen) atoms. The van der Waals surface area contributed by atoms with Gasteiger partial charge in [-0.1, -0.05) is 17.6 Å². The smallest absolute Gasteiger partial charge is 0.227 e. The highest BCUT2D eigenvalue weighted by Gasteiger charge is 2.29. The fourth-order valence-electron chi connectivity index (χ4n) is 2.72. The largest absolute Gasteiger partial charge is 0.326 e. The quantitative estimate of drug-likeness (QED) is 0.780. The van der Waals surface area contributed by atoms with Gasteiger partial charge < -0.3 is 5.32 Å². The van der Waals surface area contributed by atoms with E-state index in [4.69, 9.17) is 0 Å². The monoisotopic (exact) mass is 336 g/mol. The standard InChI is InChI=1S/C16H25BN2O3S/c1-11(2)23(21,22)19-15-7-3-12(4-8-15)16(20)18-14-9-5-13(17)6-10-14/h5-6,9-12,15,19H,3-4,7-8,17H2,1-2H3,(H,18,20). The van der Waals surface area contributed by atoms with Crippen LogP contribution in [0.4, 0.5) is 5.69 Å². The first-order valence-electron chi connectivity index (χ1n) is 8.16. The average Bonchev–Trinajstić information content (AvgIpc) is 2.49. The molecule has 0 spiro atoms. The summed E-state index contributed by atoms with van der Waals surface area (Å²) in [4.78, 5) is 12.3. The fraction of sp³-hybridized carbons (Fsp3) is 0.562. The van der Waals surface area contributed by atoms with Gasteiger partial charge in [0, 0.05) is 17.6 Å². The number of hydrogen-bond acceptors (Lipinski definition) is 3. The molecule has 0 saturated heterocycles. The summed E-state index contributed by atoms with van der Waals surface area (Å²) in [6.07, 6.45) is 2.84. The van der Waals surface area contributed by atoms with Crippen molar-refractivity contribution in [3.63, 3.8) is 0 Å². The molecule has 0 unspecified atom stereocenters. The van der Waals surface area contributed by atoms with E-state index in [1.807, 2.05) is 32.1 Å². The number of sulfonamides is 1. The van der Waals surface area contributed by atoms with Crippen LogP contribution in [0.2, 0.25) is 0 Å². The summed E-state index contributed by atoms with van der Waals surface area (Å²) in [5.41, 5.74) is 1.96. The number of carbonyl (C=O) groups excluding carboxylic acids is 1. The lowest BCUT2D eigenvalue weighted by atomic mass is 9.86. The number of rotatable bonds is 5. The number of hydrogen-bond donors (Lipinski definition) is 2. The third-order valence-electron chi connectivity index (χ3n) is 4.37. The Morgan fingerprint density at radius 3 is 2.22 bits per heavy atom. The topological polar surface area (TPSA) is 75.3 Å². The predicted octanol–water partition coefficient (Wildman–Crippen LogP) is 0.770. The van der Waals surface area contributed by atoms with E-state index in [0.717, 1.165) is 11.2 Å². The lowest BCUT2D eigenvalue weighted by Crippen LogP contribution is -2.42. The van der Waals surface area contributed by atoms with Crippen molar-refractivity contribution in [2.45, 2.75) is 50.8 Å². The second-order valence-corrected chi connectivity index (χ2v) is 8.88. The Hall–Kier alpha value is -1.34. The first-order valence-corrected chi connectivity index (χ1v) is 9.71. The lowest BCUT2D eigenvalue weighted by molar-refractivity contribution is -0.120. The molecule has 0 radical (unpaired) electrons. The summed E-state index contributed by atoms with van der Waals surface area (Å²) < 4.78 is 26.5. The maximum Gasteiger partial charge on any atom is 0.227 e. The molecule has 0 atom stereocenters. The van der Waals surface area contributed by atoms with Gasteiger partial charge in [-0.3, -0.25) is 4.79 Å². The van der Waals surface area contributed by atoms with Crippen molar-refractivity contribution in [3.8, 4) is 0 Å². The van der Waals surface area contributed by atoms with Gasteiger partial charge in [-0.2, -0.15) is 0 Å². The van der Waals surface area contributed by atoms with E-state index in [-0.39, 0.29) is 17.9 Å². The first-order chi connectivity index (χ1) is 10.8. The zero-order valence-electron chi connectivity index (χ0n) is 14.0. The lowest BCUT2D eigenvalue weighted by Gasteiger charge is -2.28. The van der Waals surface area contributed by atoms with Crippen LogP contribution >= 0.6 is 0 Å². The van der Waals surface area contributed by atoms with E-state index >= 15 is 0 Å². The molecule has 1 amide bonds. The maximum atomic E-state index is 12.3. The molecule has 0 aliphatic heterocycles. The second kappa shape index (κ2) is 7.49. The number of benzene rings is 1. The van der Waals surface area contributed by atoms with Crippen molar-refractivity contribution in [1.29, 1.82) is 0 Å². The molecule has 126 valence electrons. The summed E-state index contributed by atoms with van der Waals surface area (Å²) in [6.45, 7) is 3.34. The van der Waals surface area contributed by atoms with Crippen LogP contribution < -0.4 is 15.5 Å². The molecule has 7 heteroatoms. The summed E-state index contributed by atoms with van der Waals surface area (Å²) >= 11 is 0. The zero-order valence-corrected chi connectivity index (χ0v) is 14.8. The number of carbonyl (C=O) groups is 1. The van der Waals surface area contributed by atoms with Gasteiger partial charge in [-0.05, 0) is 51.7 Å². The van der Waals surface area contributed by atoms with Crippen LogP contribution in [0.25, 0.3) is 0 Å².